The SMILES string of the molecule is CCc1nnc(SCCOc2cccc(C(=O)O)c2)o1. The van der Waals surface area contributed by atoms with Gasteiger partial charge in [0.1, 0.15) is 5.75 Å². The molecule has 0 spiro atoms. The zero-order chi connectivity index (χ0) is 14.4. The summed E-state index contributed by atoms with van der Waals surface area (Å²) in [5, 5.41) is 17.1. The van der Waals surface area contributed by atoms with Crippen molar-refractivity contribution in [2.45, 2.75) is 18.6 Å². The van der Waals surface area contributed by atoms with E-state index in [0.717, 1.165) is 0 Å². The number of aromatic carboxylic acids is 1. The van der Waals surface area contributed by atoms with Gasteiger partial charge in [-0.15, -0.1) is 10.2 Å². The lowest BCUT2D eigenvalue weighted by molar-refractivity contribution is 0.0696. The number of ether oxygens (including phenoxy) is 1. The molecule has 1 heterocycles. The van der Waals surface area contributed by atoms with Gasteiger partial charge in [-0.25, -0.2) is 4.79 Å². The maximum atomic E-state index is 10.8. The fourth-order valence-corrected chi connectivity index (χ4v) is 2.04. The van der Waals surface area contributed by atoms with Crippen LogP contribution in [0.3, 0.4) is 0 Å². The van der Waals surface area contributed by atoms with Gasteiger partial charge in [0.15, 0.2) is 0 Å². The van der Waals surface area contributed by atoms with E-state index in [0.29, 0.717) is 35.6 Å². The molecule has 0 saturated carbocycles. The first kappa shape index (κ1) is 14.4. The molecule has 2 rings (SSSR count). The Labute approximate surface area is 120 Å². The van der Waals surface area contributed by atoms with Crippen molar-refractivity contribution in [3.8, 4) is 5.75 Å². The maximum absolute atomic E-state index is 10.8. The first-order valence-electron chi connectivity index (χ1n) is 6.10. The third kappa shape index (κ3) is 3.99. The van der Waals surface area contributed by atoms with E-state index >= 15 is 0 Å². The number of hydrogen-bond acceptors (Lipinski definition) is 6. The highest BCUT2D eigenvalue weighted by molar-refractivity contribution is 7.99. The van der Waals surface area contributed by atoms with Gasteiger partial charge in [0.25, 0.3) is 5.22 Å². The van der Waals surface area contributed by atoms with Crippen LogP contribution in [-0.4, -0.2) is 33.6 Å². The van der Waals surface area contributed by atoms with E-state index in [9.17, 15) is 4.79 Å². The largest absolute Gasteiger partial charge is 0.493 e. The van der Waals surface area contributed by atoms with E-state index in [-0.39, 0.29) is 5.56 Å². The number of rotatable bonds is 7. The van der Waals surface area contributed by atoms with Gasteiger partial charge in [0.05, 0.1) is 12.2 Å². The number of thioether (sulfide) groups is 1. The highest BCUT2D eigenvalue weighted by atomic mass is 32.2. The van der Waals surface area contributed by atoms with Crippen LogP contribution in [0, 0.1) is 0 Å². The van der Waals surface area contributed by atoms with Crippen molar-refractivity contribution >= 4 is 17.7 Å². The zero-order valence-electron chi connectivity index (χ0n) is 10.9. The molecule has 0 unspecified atom stereocenters. The molecule has 1 aromatic heterocycles. The summed E-state index contributed by atoms with van der Waals surface area (Å²) in [5.74, 6) is 0.818. The van der Waals surface area contributed by atoms with Gasteiger partial charge in [-0.3, -0.25) is 0 Å². The van der Waals surface area contributed by atoms with Crippen molar-refractivity contribution in [1.29, 1.82) is 0 Å². The molecule has 6 nitrogen and oxygen atoms in total. The van der Waals surface area contributed by atoms with E-state index in [1.54, 1.807) is 12.1 Å². The van der Waals surface area contributed by atoms with Crippen LogP contribution >= 0.6 is 11.8 Å². The Morgan fingerprint density at radius 2 is 2.30 bits per heavy atom. The van der Waals surface area contributed by atoms with Crippen LogP contribution in [0.25, 0.3) is 0 Å². The van der Waals surface area contributed by atoms with E-state index in [1.165, 1.54) is 23.9 Å². The summed E-state index contributed by atoms with van der Waals surface area (Å²) in [4.78, 5) is 10.8. The zero-order valence-corrected chi connectivity index (χ0v) is 11.7. The van der Waals surface area contributed by atoms with Gasteiger partial charge in [0, 0.05) is 12.2 Å². The fraction of sp³-hybridized carbons (Fsp3) is 0.308. The Morgan fingerprint density at radius 1 is 1.45 bits per heavy atom. The summed E-state index contributed by atoms with van der Waals surface area (Å²) >= 11 is 1.40. The van der Waals surface area contributed by atoms with Crippen LogP contribution in [0.5, 0.6) is 5.75 Å². The molecule has 20 heavy (non-hydrogen) atoms. The molecule has 0 radical (unpaired) electrons. The number of nitrogens with zero attached hydrogens (tertiary/aromatic N) is 2. The number of aromatic nitrogens is 2. The second-order valence-corrected chi connectivity index (χ2v) is 4.89. The Bertz CT molecular complexity index is 585. The quantitative estimate of drug-likeness (QED) is 0.620. The number of hydrogen-bond donors (Lipinski definition) is 1. The Kier molecular flexibility index (Phi) is 5.00. The predicted octanol–water partition coefficient (Wildman–Crippen LogP) is 2.50. The monoisotopic (exact) mass is 294 g/mol. The van der Waals surface area contributed by atoms with E-state index < -0.39 is 5.97 Å². The molecule has 7 heteroatoms. The van der Waals surface area contributed by atoms with Gasteiger partial charge in [-0.05, 0) is 18.2 Å². The van der Waals surface area contributed by atoms with Crippen molar-refractivity contribution in [1.82, 2.24) is 10.2 Å². The third-order valence-corrected chi connectivity index (χ3v) is 3.19. The molecule has 0 saturated heterocycles. The van der Waals surface area contributed by atoms with Crippen LogP contribution in [0.15, 0.2) is 33.9 Å². The normalized spacial score (nSPS) is 10.4. The minimum atomic E-state index is -0.970. The molecule has 0 amide bonds. The van der Waals surface area contributed by atoms with Crippen molar-refractivity contribution in [2.24, 2.45) is 0 Å². The summed E-state index contributed by atoms with van der Waals surface area (Å²) < 4.78 is 10.8. The first-order chi connectivity index (χ1) is 9.69. The minimum absolute atomic E-state index is 0.208. The van der Waals surface area contributed by atoms with E-state index in [4.69, 9.17) is 14.3 Å². The summed E-state index contributed by atoms with van der Waals surface area (Å²) in [6, 6.07) is 6.39. The summed E-state index contributed by atoms with van der Waals surface area (Å²) in [5.41, 5.74) is 0.208. The van der Waals surface area contributed by atoms with Gasteiger partial charge in [-0.1, -0.05) is 24.8 Å². The molecule has 0 atom stereocenters. The van der Waals surface area contributed by atoms with Crippen LogP contribution in [0.2, 0.25) is 0 Å². The van der Waals surface area contributed by atoms with Gasteiger partial charge < -0.3 is 14.3 Å². The highest BCUT2D eigenvalue weighted by Gasteiger charge is 2.06. The lowest BCUT2D eigenvalue weighted by Gasteiger charge is -2.05. The average molecular weight is 294 g/mol. The molecule has 1 N–H and O–H groups in total. The summed E-state index contributed by atoms with van der Waals surface area (Å²) in [6.45, 7) is 2.37. The van der Waals surface area contributed by atoms with Crippen molar-refractivity contribution in [3.05, 3.63) is 35.7 Å². The molecule has 0 fully saturated rings. The van der Waals surface area contributed by atoms with Gasteiger partial charge >= 0.3 is 5.97 Å². The Balaban J connectivity index is 1.78. The predicted molar refractivity (Wildman–Crippen MR) is 73.3 cm³/mol. The van der Waals surface area contributed by atoms with Crippen LogP contribution < -0.4 is 4.74 Å². The second kappa shape index (κ2) is 6.95. The smallest absolute Gasteiger partial charge is 0.335 e. The molecular formula is C13H14N2O4S. The molecule has 0 aliphatic carbocycles. The van der Waals surface area contributed by atoms with E-state index in [2.05, 4.69) is 10.2 Å². The van der Waals surface area contributed by atoms with Gasteiger partial charge in [-0.2, -0.15) is 0 Å². The number of aryl methyl sites for hydroxylation is 1. The first-order valence-corrected chi connectivity index (χ1v) is 7.09. The highest BCUT2D eigenvalue weighted by Crippen LogP contribution is 2.17. The number of benzene rings is 1. The summed E-state index contributed by atoms with van der Waals surface area (Å²) in [6.07, 6.45) is 0.714. The molecule has 0 bridgehead atoms. The number of carbonyl (C=O) groups is 1. The maximum Gasteiger partial charge on any atom is 0.335 e. The Morgan fingerprint density at radius 3 is 3.00 bits per heavy atom. The number of carboxylic acids is 1. The molecular weight excluding hydrogens is 280 g/mol. The summed E-state index contributed by atoms with van der Waals surface area (Å²) in [7, 11) is 0. The van der Waals surface area contributed by atoms with Crippen LogP contribution in [-0.2, 0) is 6.42 Å². The van der Waals surface area contributed by atoms with Crippen molar-refractivity contribution in [3.63, 3.8) is 0 Å². The Hall–Kier alpha value is -2.02. The minimum Gasteiger partial charge on any atom is -0.493 e. The molecule has 2 aromatic rings. The van der Waals surface area contributed by atoms with Crippen LogP contribution in [0.4, 0.5) is 0 Å². The lowest BCUT2D eigenvalue weighted by atomic mass is 10.2. The number of carboxylic acid groups (broad SMARTS) is 1. The van der Waals surface area contributed by atoms with Crippen LogP contribution in [0.1, 0.15) is 23.2 Å². The standard InChI is InChI=1S/C13H14N2O4S/c1-2-11-14-15-13(19-11)20-7-6-18-10-5-3-4-9(8-10)12(16)17/h3-5,8H,2,6-7H2,1H3,(H,16,17). The molecule has 1 aromatic carbocycles. The van der Waals surface area contributed by atoms with Crippen molar-refractivity contribution < 1.29 is 19.1 Å². The average Bonchev–Trinajstić information content (AvgIpc) is 2.92. The second-order valence-electron chi connectivity index (χ2n) is 3.85. The molecule has 0 aliphatic rings. The lowest BCUT2D eigenvalue weighted by Crippen LogP contribution is -2.02. The fourth-order valence-electron chi connectivity index (χ4n) is 1.45. The molecule has 0 aliphatic heterocycles. The van der Waals surface area contributed by atoms with Crippen molar-refractivity contribution in [2.75, 3.05) is 12.4 Å². The van der Waals surface area contributed by atoms with Gasteiger partial charge in [0.2, 0.25) is 5.89 Å². The molecule has 106 valence electrons. The third-order valence-electron chi connectivity index (χ3n) is 2.41. The van der Waals surface area contributed by atoms with E-state index in [1.807, 2.05) is 6.92 Å². The topological polar surface area (TPSA) is 85.5 Å².